The second kappa shape index (κ2) is 6.72. The zero-order chi connectivity index (χ0) is 14.7. The Morgan fingerprint density at radius 1 is 1.30 bits per heavy atom. The number of nitrogens with zero attached hydrogens (tertiary/aromatic N) is 2. The quantitative estimate of drug-likeness (QED) is 0.822. The number of carbonyl (C=O) groups is 1. The number of hydrogen-bond donors (Lipinski definition) is 0. The second-order valence-electron chi connectivity index (χ2n) is 5.89. The fourth-order valence-corrected chi connectivity index (χ4v) is 2.82. The van der Waals surface area contributed by atoms with E-state index in [1.165, 1.54) is 19.5 Å². The summed E-state index contributed by atoms with van der Waals surface area (Å²) in [7, 11) is 1.93. The number of benzene rings is 1. The Morgan fingerprint density at radius 2 is 1.90 bits per heavy atom. The Morgan fingerprint density at radius 3 is 2.35 bits per heavy atom. The maximum atomic E-state index is 12.6. The van der Waals surface area contributed by atoms with Gasteiger partial charge in [0, 0.05) is 29.7 Å². The van der Waals surface area contributed by atoms with Crippen LogP contribution in [0.25, 0.3) is 0 Å². The zero-order valence-electron chi connectivity index (χ0n) is 12.5. The van der Waals surface area contributed by atoms with E-state index in [1.54, 1.807) is 0 Å². The van der Waals surface area contributed by atoms with Crippen molar-refractivity contribution in [3.63, 3.8) is 0 Å². The van der Waals surface area contributed by atoms with Gasteiger partial charge in [0.1, 0.15) is 0 Å². The number of amides is 1. The van der Waals surface area contributed by atoms with Crippen LogP contribution in [0.3, 0.4) is 0 Å². The van der Waals surface area contributed by atoms with E-state index in [2.05, 4.69) is 34.7 Å². The zero-order valence-corrected chi connectivity index (χ0v) is 14.1. The Kier molecular flexibility index (Phi) is 5.22. The summed E-state index contributed by atoms with van der Waals surface area (Å²) < 4.78 is 0.998. The van der Waals surface area contributed by atoms with Crippen molar-refractivity contribution in [2.75, 3.05) is 26.7 Å². The molecular formula is C16H23BrN2O. The number of halogens is 1. The van der Waals surface area contributed by atoms with Crippen LogP contribution >= 0.6 is 15.9 Å². The molecule has 1 atom stereocenters. The van der Waals surface area contributed by atoms with Crippen molar-refractivity contribution in [2.45, 2.75) is 26.3 Å². The fourth-order valence-electron chi connectivity index (χ4n) is 2.56. The van der Waals surface area contributed by atoms with E-state index in [1.807, 2.05) is 36.2 Å². The third-order valence-corrected chi connectivity index (χ3v) is 4.60. The third kappa shape index (κ3) is 3.61. The molecule has 0 bridgehead atoms. The maximum Gasteiger partial charge on any atom is 0.253 e. The average Bonchev–Trinajstić information content (AvgIpc) is 2.36. The molecule has 110 valence electrons. The summed E-state index contributed by atoms with van der Waals surface area (Å²) in [6.07, 6.45) is 1.29. The molecule has 1 saturated heterocycles. The highest BCUT2D eigenvalue weighted by Crippen LogP contribution is 2.18. The lowest BCUT2D eigenvalue weighted by Gasteiger charge is -2.39. The standard InChI is InChI=1S/C16H23BrN2O/c1-12(2)15(11-19-9-4-10-19)18(3)16(20)13-5-7-14(17)8-6-13/h5-8,12,15H,4,9-11H2,1-3H3. The number of rotatable bonds is 5. The van der Waals surface area contributed by atoms with Gasteiger partial charge in [0.15, 0.2) is 0 Å². The predicted octanol–water partition coefficient (Wildman–Crippen LogP) is 3.25. The first-order chi connectivity index (χ1) is 9.49. The third-order valence-electron chi connectivity index (χ3n) is 4.07. The van der Waals surface area contributed by atoms with Gasteiger partial charge in [-0.15, -0.1) is 0 Å². The molecule has 0 aliphatic carbocycles. The summed E-state index contributed by atoms with van der Waals surface area (Å²) in [5, 5.41) is 0. The molecule has 1 aromatic carbocycles. The molecule has 1 amide bonds. The first-order valence-corrected chi connectivity index (χ1v) is 8.03. The Bertz CT molecular complexity index is 454. The van der Waals surface area contributed by atoms with E-state index in [-0.39, 0.29) is 11.9 Å². The van der Waals surface area contributed by atoms with Gasteiger partial charge in [-0.05, 0) is 49.7 Å². The molecule has 0 spiro atoms. The lowest BCUT2D eigenvalue weighted by atomic mass is 10.00. The number of likely N-dealkylation sites (N-methyl/N-ethyl adjacent to an activating group) is 1. The Labute approximate surface area is 130 Å². The minimum absolute atomic E-state index is 0.108. The van der Waals surface area contributed by atoms with Crippen molar-refractivity contribution in [2.24, 2.45) is 5.92 Å². The molecular weight excluding hydrogens is 316 g/mol. The van der Waals surface area contributed by atoms with Crippen LogP contribution < -0.4 is 0 Å². The summed E-state index contributed by atoms with van der Waals surface area (Å²) in [4.78, 5) is 16.9. The highest BCUT2D eigenvalue weighted by atomic mass is 79.9. The van der Waals surface area contributed by atoms with Crippen LogP contribution in [0.15, 0.2) is 28.7 Å². The van der Waals surface area contributed by atoms with Gasteiger partial charge >= 0.3 is 0 Å². The van der Waals surface area contributed by atoms with Crippen LogP contribution in [0, 0.1) is 5.92 Å². The molecule has 20 heavy (non-hydrogen) atoms. The van der Waals surface area contributed by atoms with Gasteiger partial charge in [0.05, 0.1) is 0 Å². The predicted molar refractivity (Wildman–Crippen MR) is 85.9 cm³/mol. The van der Waals surface area contributed by atoms with Crippen molar-refractivity contribution >= 4 is 21.8 Å². The monoisotopic (exact) mass is 338 g/mol. The topological polar surface area (TPSA) is 23.6 Å². The molecule has 4 heteroatoms. The lowest BCUT2D eigenvalue weighted by molar-refractivity contribution is 0.0564. The average molecular weight is 339 g/mol. The lowest BCUT2D eigenvalue weighted by Crippen LogP contribution is -2.51. The molecule has 0 aromatic heterocycles. The molecule has 0 radical (unpaired) electrons. The van der Waals surface area contributed by atoms with Gasteiger partial charge in [-0.1, -0.05) is 29.8 Å². The van der Waals surface area contributed by atoms with Gasteiger partial charge in [0.2, 0.25) is 0 Å². The summed E-state index contributed by atoms with van der Waals surface area (Å²) in [6, 6.07) is 7.86. The van der Waals surface area contributed by atoms with E-state index < -0.39 is 0 Å². The number of carbonyl (C=O) groups excluding carboxylic acids is 1. The second-order valence-corrected chi connectivity index (χ2v) is 6.80. The Hall–Kier alpha value is -0.870. The van der Waals surface area contributed by atoms with Gasteiger partial charge in [-0.3, -0.25) is 4.79 Å². The summed E-state index contributed by atoms with van der Waals surface area (Å²) in [5.74, 6) is 0.566. The van der Waals surface area contributed by atoms with Crippen molar-refractivity contribution in [1.29, 1.82) is 0 Å². The molecule has 2 rings (SSSR count). The highest BCUT2D eigenvalue weighted by molar-refractivity contribution is 9.10. The van der Waals surface area contributed by atoms with Gasteiger partial charge < -0.3 is 9.80 Å². The molecule has 1 unspecified atom stereocenters. The van der Waals surface area contributed by atoms with Crippen molar-refractivity contribution in [3.8, 4) is 0 Å². The van der Waals surface area contributed by atoms with E-state index in [0.29, 0.717) is 5.92 Å². The fraction of sp³-hybridized carbons (Fsp3) is 0.562. The van der Waals surface area contributed by atoms with Crippen molar-refractivity contribution in [3.05, 3.63) is 34.3 Å². The van der Waals surface area contributed by atoms with Crippen molar-refractivity contribution < 1.29 is 4.79 Å². The first kappa shape index (κ1) is 15.5. The largest absolute Gasteiger partial charge is 0.337 e. The molecule has 1 fully saturated rings. The van der Waals surface area contributed by atoms with Crippen molar-refractivity contribution in [1.82, 2.24) is 9.80 Å². The molecule has 0 saturated carbocycles. The Balaban J connectivity index is 2.07. The van der Waals surface area contributed by atoms with Gasteiger partial charge in [-0.2, -0.15) is 0 Å². The summed E-state index contributed by atoms with van der Waals surface area (Å²) >= 11 is 3.40. The SMILES string of the molecule is CC(C)C(CN1CCC1)N(C)C(=O)c1ccc(Br)cc1. The van der Waals surface area contributed by atoms with Crippen LogP contribution in [-0.2, 0) is 0 Å². The normalized spacial score (nSPS) is 16.9. The maximum absolute atomic E-state index is 12.6. The molecule has 1 heterocycles. The summed E-state index contributed by atoms with van der Waals surface area (Å²) in [6.45, 7) is 7.70. The smallest absolute Gasteiger partial charge is 0.253 e. The molecule has 1 aliphatic heterocycles. The highest BCUT2D eigenvalue weighted by Gasteiger charge is 2.27. The van der Waals surface area contributed by atoms with E-state index in [9.17, 15) is 4.79 Å². The van der Waals surface area contributed by atoms with E-state index in [0.717, 1.165) is 16.6 Å². The molecule has 1 aromatic rings. The minimum Gasteiger partial charge on any atom is -0.337 e. The minimum atomic E-state index is 0.108. The molecule has 1 aliphatic rings. The summed E-state index contributed by atoms with van der Waals surface area (Å²) in [5.41, 5.74) is 0.755. The first-order valence-electron chi connectivity index (χ1n) is 7.24. The van der Waals surface area contributed by atoms with E-state index >= 15 is 0 Å². The molecule has 0 N–H and O–H groups in total. The van der Waals surface area contributed by atoms with Crippen LogP contribution in [0.4, 0.5) is 0 Å². The van der Waals surface area contributed by atoms with Crippen LogP contribution in [0.1, 0.15) is 30.6 Å². The van der Waals surface area contributed by atoms with Crippen LogP contribution in [-0.4, -0.2) is 48.4 Å². The number of likely N-dealkylation sites (tertiary alicyclic amines) is 1. The number of hydrogen-bond acceptors (Lipinski definition) is 2. The van der Waals surface area contributed by atoms with Crippen LogP contribution in [0.5, 0.6) is 0 Å². The van der Waals surface area contributed by atoms with E-state index in [4.69, 9.17) is 0 Å². The van der Waals surface area contributed by atoms with Gasteiger partial charge in [0.25, 0.3) is 5.91 Å². The van der Waals surface area contributed by atoms with Gasteiger partial charge in [-0.25, -0.2) is 0 Å². The van der Waals surface area contributed by atoms with Crippen LogP contribution in [0.2, 0.25) is 0 Å². The molecule has 3 nitrogen and oxygen atoms in total.